The van der Waals surface area contributed by atoms with Crippen LogP contribution in [-0.2, 0) is 11.2 Å². The maximum atomic E-state index is 11.9. The summed E-state index contributed by atoms with van der Waals surface area (Å²) in [6, 6.07) is 5.15. The quantitative estimate of drug-likeness (QED) is 0.906. The number of hydrogen-bond acceptors (Lipinski definition) is 2. The SMILES string of the molecule is CNCCN(C)C(=O)Cc1cc(Cl)ccc1Cl.Cl. The minimum absolute atomic E-state index is 0. The number of hydrogen-bond donors (Lipinski definition) is 1. The zero-order valence-corrected chi connectivity index (χ0v) is 12.7. The topological polar surface area (TPSA) is 32.3 Å². The van der Waals surface area contributed by atoms with Crippen LogP contribution in [0.4, 0.5) is 0 Å². The lowest BCUT2D eigenvalue weighted by molar-refractivity contribution is -0.129. The summed E-state index contributed by atoms with van der Waals surface area (Å²) in [7, 11) is 3.63. The van der Waals surface area contributed by atoms with E-state index in [1.807, 2.05) is 7.05 Å². The Morgan fingerprint density at radius 2 is 2.06 bits per heavy atom. The Balaban J connectivity index is 0.00000289. The van der Waals surface area contributed by atoms with Gasteiger partial charge in [0, 0.05) is 30.2 Å². The standard InChI is InChI=1S/C12H16Cl2N2O.ClH/c1-15-5-6-16(2)12(17)8-9-7-10(13)3-4-11(9)14;/h3-4,7,15H,5-6,8H2,1-2H3;1H. The van der Waals surface area contributed by atoms with Crippen molar-refractivity contribution in [2.75, 3.05) is 27.2 Å². The summed E-state index contributed by atoms with van der Waals surface area (Å²) in [5.74, 6) is 0.0319. The highest BCUT2D eigenvalue weighted by molar-refractivity contribution is 6.33. The van der Waals surface area contributed by atoms with Gasteiger partial charge in [0.1, 0.15) is 0 Å². The molecule has 0 heterocycles. The van der Waals surface area contributed by atoms with Crippen LogP contribution in [0.15, 0.2) is 18.2 Å². The fraction of sp³-hybridized carbons (Fsp3) is 0.417. The third-order valence-corrected chi connectivity index (χ3v) is 3.08. The van der Waals surface area contributed by atoms with Crippen molar-refractivity contribution in [2.45, 2.75) is 6.42 Å². The molecule has 0 aliphatic carbocycles. The summed E-state index contributed by atoms with van der Waals surface area (Å²) < 4.78 is 0. The van der Waals surface area contributed by atoms with Crippen molar-refractivity contribution in [1.29, 1.82) is 0 Å². The molecule has 0 atom stereocenters. The van der Waals surface area contributed by atoms with Crippen LogP contribution in [0.2, 0.25) is 10.0 Å². The Morgan fingerprint density at radius 1 is 1.39 bits per heavy atom. The van der Waals surface area contributed by atoms with Crippen LogP contribution in [0.5, 0.6) is 0 Å². The molecule has 0 bridgehead atoms. The average Bonchev–Trinajstić information content (AvgIpc) is 2.30. The van der Waals surface area contributed by atoms with Crippen LogP contribution in [0, 0.1) is 0 Å². The van der Waals surface area contributed by atoms with Crippen molar-refractivity contribution in [3.8, 4) is 0 Å². The molecule has 18 heavy (non-hydrogen) atoms. The number of carbonyl (C=O) groups is 1. The second kappa shape index (κ2) is 8.59. The molecular formula is C12H17Cl3N2O. The molecule has 6 heteroatoms. The van der Waals surface area contributed by atoms with Crippen molar-refractivity contribution < 1.29 is 4.79 Å². The highest BCUT2D eigenvalue weighted by Gasteiger charge is 2.11. The van der Waals surface area contributed by atoms with Gasteiger partial charge in [0.2, 0.25) is 5.91 Å². The van der Waals surface area contributed by atoms with E-state index in [1.54, 1.807) is 30.1 Å². The van der Waals surface area contributed by atoms with Gasteiger partial charge in [0.25, 0.3) is 0 Å². The molecule has 0 saturated heterocycles. The van der Waals surface area contributed by atoms with Gasteiger partial charge in [-0.3, -0.25) is 4.79 Å². The van der Waals surface area contributed by atoms with E-state index in [9.17, 15) is 4.79 Å². The highest BCUT2D eigenvalue weighted by Crippen LogP contribution is 2.21. The molecule has 0 spiro atoms. The van der Waals surface area contributed by atoms with Crippen LogP contribution in [-0.4, -0.2) is 38.0 Å². The molecule has 102 valence electrons. The summed E-state index contributed by atoms with van der Waals surface area (Å²) in [6.45, 7) is 1.44. The monoisotopic (exact) mass is 310 g/mol. The minimum Gasteiger partial charge on any atom is -0.344 e. The largest absolute Gasteiger partial charge is 0.344 e. The van der Waals surface area contributed by atoms with Crippen LogP contribution >= 0.6 is 35.6 Å². The van der Waals surface area contributed by atoms with Crippen molar-refractivity contribution in [3.63, 3.8) is 0 Å². The number of halogens is 3. The number of carbonyl (C=O) groups excluding carboxylic acids is 1. The first kappa shape index (κ1) is 17.5. The fourth-order valence-electron chi connectivity index (χ4n) is 1.38. The minimum atomic E-state index is 0. The lowest BCUT2D eigenvalue weighted by Gasteiger charge is -2.17. The average molecular weight is 312 g/mol. The summed E-state index contributed by atoms with van der Waals surface area (Å²) >= 11 is 11.9. The Labute approximate surface area is 124 Å². The predicted octanol–water partition coefficient (Wildman–Crippen LogP) is 2.64. The van der Waals surface area contributed by atoms with Crippen molar-refractivity contribution >= 4 is 41.5 Å². The molecular weight excluding hydrogens is 295 g/mol. The van der Waals surface area contributed by atoms with Crippen LogP contribution in [0.25, 0.3) is 0 Å². The van der Waals surface area contributed by atoms with E-state index in [0.717, 1.165) is 12.1 Å². The lowest BCUT2D eigenvalue weighted by atomic mass is 10.1. The van der Waals surface area contributed by atoms with Crippen molar-refractivity contribution in [1.82, 2.24) is 10.2 Å². The molecule has 0 radical (unpaired) electrons. The highest BCUT2D eigenvalue weighted by atomic mass is 35.5. The van der Waals surface area contributed by atoms with Gasteiger partial charge in [-0.15, -0.1) is 12.4 Å². The number of nitrogens with zero attached hydrogens (tertiary/aromatic N) is 1. The summed E-state index contributed by atoms with van der Waals surface area (Å²) in [5.41, 5.74) is 0.764. The smallest absolute Gasteiger partial charge is 0.226 e. The number of nitrogens with one attached hydrogen (secondary N) is 1. The molecule has 1 aromatic rings. The van der Waals surface area contributed by atoms with E-state index in [-0.39, 0.29) is 24.7 Å². The molecule has 0 aliphatic heterocycles. The third-order valence-electron chi connectivity index (χ3n) is 2.47. The zero-order valence-electron chi connectivity index (χ0n) is 10.4. The zero-order chi connectivity index (χ0) is 12.8. The maximum Gasteiger partial charge on any atom is 0.226 e. The van der Waals surface area contributed by atoms with Crippen LogP contribution < -0.4 is 5.32 Å². The molecule has 0 unspecified atom stereocenters. The first-order valence-corrected chi connectivity index (χ1v) is 6.12. The summed E-state index contributed by atoms with van der Waals surface area (Å²) in [5, 5.41) is 4.16. The number of amides is 1. The van der Waals surface area contributed by atoms with Gasteiger partial charge < -0.3 is 10.2 Å². The summed E-state index contributed by atoms with van der Waals surface area (Å²) in [4.78, 5) is 13.6. The molecule has 1 rings (SSSR count). The predicted molar refractivity (Wildman–Crippen MR) is 79.0 cm³/mol. The van der Waals surface area contributed by atoms with Crippen LogP contribution in [0.1, 0.15) is 5.56 Å². The van der Waals surface area contributed by atoms with E-state index in [1.165, 1.54) is 0 Å². The second-order valence-electron chi connectivity index (χ2n) is 3.83. The molecule has 1 amide bonds. The molecule has 0 fully saturated rings. The van der Waals surface area contributed by atoms with Gasteiger partial charge in [0.15, 0.2) is 0 Å². The fourth-order valence-corrected chi connectivity index (χ4v) is 1.76. The number of rotatable bonds is 5. The Bertz CT molecular complexity index is 399. The van der Waals surface area contributed by atoms with Gasteiger partial charge in [-0.2, -0.15) is 0 Å². The van der Waals surface area contributed by atoms with Gasteiger partial charge in [-0.05, 0) is 30.8 Å². The first-order valence-electron chi connectivity index (χ1n) is 5.37. The van der Waals surface area contributed by atoms with E-state index >= 15 is 0 Å². The number of likely N-dealkylation sites (N-methyl/N-ethyl adjacent to an activating group) is 2. The van der Waals surface area contributed by atoms with Crippen molar-refractivity contribution in [2.24, 2.45) is 0 Å². The summed E-state index contributed by atoms with van der Waals surface area (Å²) in [6.07, 6.45) is 0.277. The van der Waals surface area contributed by atoms with E-state index in [4.69, 9.17) is 23.2 Å². The van der Waals surface area contributed by atoms with Gasteiger partial charge in [0.05, 0.1) is 6.42 Å². The second-order valence-corrected chi connectivity index (χ2v) is 4.67. The Kier molecular flexibility index (Phi) is 8.36. The molecule has 0 saturated carbocycles. The normalized spacial score (nSPS) is 9.78. The van der Waals surface area contributed by atoms with Crippen LogP contribution in [0.3, 0.4) is 0 Å². The van der Waals surface area contributed by atoms with Gasteiger partial charge >= 0.3 is 0 Å². The van der Waals surface area contributed by atoms with E-state index in [2.05, 4.69) is 5.32 Å². The maximum absolute atomic E-state index is 11.9. The Hall–Kier alpha value is -0.480. The number of benzene rings is 1. The molecule has 0 aliphatic rings. The van der Waals surface area contributed by atoms with Crippen molar-refractivity contribution in [3.05, 3.63) is 33.8 Å². The Morgan fingerprint density at radius 3 is 2.67 bits per heavy atom. The van der Waals surface area contributed by atoms with Gasteiger partial charge in [-0.25, -0.2) is 0 Å². The van der Waals surface area contributed by atoms with E-state index in [0.29, 0.717) is 16.6 Å². The lowest BCUT2D eigenvalue weighted by Crippen LogP contribution is -2.33. The molecule has 1 N–H and O–H groups in total. The van der Waals surface area contributed by atoms with Gasteiger partial charge in [-0.1, -0.05) is 23.2 Å². The third kappa shape index (κ3) is 5.44. The molecule has 3 nitrogen and oxygen atoms in total. The molecule has 1 aromatic carbocycles. The van der Waals surface area contributed by atoms with E-state index < -0.39 is 0 Å². The molecule has 0 aromatic heterocycles. The first-order chi connectivity index (χ1) is 8.04.